The van der Waals surface area contributed by atoms with Gasteiger partial charge >= 0.3 is 0 Å². The van der Waals surface area contributed by atoms with Crippen LogP contribution in [0.1, 0.15) is 25.0 Å². The van der Waals surface area contributed by atoms with Crippen LogP contribution in [-0.2, 0) is 16.6 Å². The summed E-state index contributed by atoms with van der Waals surface area (Å²) >= 11 is 0. The van der Waals surface area contributed by atoms with Crippen LogP contribution in [0.25, 0.3) is 0 Å². The molecule has 1 aromatic heterocycles. The van der Waals surface area contributed by atoms with Crippen LogP contribution >= 0.6 is 0 Å². The molecule has 0 amide bonds. The van der Waals surface area contributed by atoms with Gasteiger partial charge in [0.2, 0.25) is 0 Å². The Balaban J connectivity index is 2.08. The van der Waals surface area contributed by atoms with E-state index in [-0.39, 0.29) is 4.90 Å². The normalized spacial score (nSPS) is 17.8. The summed E-state index contributed by atoms with van der Waals surface area (Å²) in [5, 5.41) is 1.75. The monoisotopic (exact) mass is 270 g/mol. The molecule has 2 heterocycles. The molecule has 6 nitrogen and oxygen atoms in total. The minimum atomic E-state index is -3.51. The van der Waals surface area contributed by atoms with Gasteiger partial charge in [0.05, 0.1) is 5.69 Å². The van der Waals surface area contributed by atoms with Gasteiger partial charge in [-0.3, -0.25) is 4.98 Å². The second-order valence-electron chi connectivity index (χ2n) is 4.33. The topological polar surface area (TPSA) is 88.3 Å². The first kappa shape index (κ1) is 13.4. The van der Waals surface area contributed by atoms with E-state index in [1.54, 1.807) is 11.1 Å². The van der Waals surface area contributed by atoms with Crippen molar-refractivity contribution in [3.63, 3.8) is 0 Å². The number of hydrazine groups is 1. The molecule has 1 aromatic rings. The molecule has 3 N–H and O–H groups in total. The summed E-state index contributed by atoms with van der Waals surface area (Å²) in [6.45, 7) is 1.82. The van der Waals surface area contributed by atoms with Gasteiger partial charge in [0.25, 0.3) is 10.0 Å². The highest BCUT2D eigenvalue weighted by atomic mass is 32.2. The molecule has 1 fully saturated rings. The Morgan fingerprint density at radius 3 is 2.56 bits per heavy atom. The van der Waals surface area contributed by atoms with Crippen molar-refractivity contribution in [2.45, 2.75) is 30.7 Å². The number of hydrogen-bond donors (Lipinski definition) is 2. The summed E-state index contributed by atoms with van der Waals surface area (Å²) in [6, 6.07) is 3.16. The van der Waals surface area contributed by atoms with Crippen LogP contribution in [0.15, 0.2) is 23.2 Å². The lowest BCUT2D eigenvalue weighted by Crippen LogP contribution is -2.44. The van der Waals surface area contributed by atoms with E-state index in [1.165, 1.54) is 12.3 Å². The van der Waals surface area contributed by atoms with Crippen LogP contribution in [0.3, 0.4) is 0 Å². The smallest absolute Gasteiger partial charge is 0.254 e. The first-order chi connectivity index (χ1) is 8.62. The van der Waals surface area contributed by atoms with Crippen molar-refractivity contribution in [3.05, 3.63) is 24.0 Å². The highest BCUT2D eigenvalue weighted by Gasteiger charge is 2.19. The van der Waals surface area contributed by atoms with Gasteiger partial charge in [-0.05, 0) is 25.0 Å². The molecule has 1 aliphatic rings. The van der Waals surface area contributed by atoms with Crippen molar-refractivity contribution >= 4 is 10.0 Å². The van der Waals surface area contributed by atoms with Crippen molar-refractivity contribution in [1.82, 2.24) is 14.8 Å². The van der Waals surface area contributed by atoms with Gasteiger partial charge in [-0.2, -0.15) is 0 Å². The largest absolute Gasteiger partial charge is 0.325 e. The van der Waals surface area contributed by atoms with E-state index in [0.717, 1.165) is 32.4 Å². The Bertz CT molecular complexity index is 480. The summed E-state index contributed by atoms with van der Waals surface area (Å²) < 4.78 is 24.2. The Kier molecular flexibility index (Phi) is 4.28. The molecule has 18 heavy (non-hydrogen) atoms. The van der Waals surface area contributed by atoms with Crippen molar-refractivity contribution in [3.8, 4) is 0 Å². The summed E-state index contributed by atoms with van der Waals surface area (Å²) in [6.07, 6.45) is 4.54. The van der Waals surface area contributed by atoms with Gasteiger partial charge in [0, 0.05) is 25.8 Å². The van der Waals surface area contributed by atoms with E-state index < -0.39 is 10.0 Å². The third kappa shape index (κ3) is 3.26. The second kappa shape index (κ2) is 5.75. The summed E-state index contributed by atoms with van der Waals surface area (Å²) in [5.41, 5.74) is 6.10. The molecule has 0 spiro atoms. The molecule has 1 aliphatic heterocycles. The molecular weight excluding hydrogens is 252 g/mol. The molecule has 0 radical (unpaired) electrons. The lowest BCUT2D eigenvalue weighted by atomic mass is 10.2. The van der Waals surface area contributed by atoms with Crippen LogP contribution in [0.2, 0.25) is 0 Å². The van der Waals surface area contributed by atoms with Gasteiger partial charge in [-0.1, -0.05) is 6.42 Å². The first-order valence-corrected chi connectivity index (χ1v) is 7.52. The molecule has 100 valence electrons. The van der Waals surface area contributed by atoms with Crippen LogP contribution in [0.4, 0.5) is 0 Å². The van der Waals surface area contributed by atoms with Crippen LogP contribution < -0.4 is 10.6 Å². The van der Waals surface area contributed by atoms with E-state index in [4.69, 9.17) is 5.73 Å². The highest BCUT2D eigenvalue weighted by molar-refractivity contribution is 7.89. The number of pyridine rings is 1. The van der Waals surface area contributed by atoms with Crippen molar-refractivity contribution in [1.29, 1.82) is 0 Å². The number of sulfonamides is 1. The zero-order chi connectivity index (χ0) is 13.0. The lowest BCUT2D eigenvalue weighted by Gasteiger charge is -2.26. The third-order valence-corrected chi connectivity index (χ3v) is 4.28. The quantitative estimate of drug-likeness (QED) is 0.817. The number of aromatic nitrogens is 1. The summed E-state index contributed by atoms with van der Waals surface area (Å²) in [7, 11) is -3.51. The van der Waals surface area contributed by atoms with Gasteiger partial charge < -0.3 is 5.73 Å². The van der Waals surface area contributed by atoms with Crippen molar-refractivity contribution in [2.75, 3.05) is 13.1 Å². The molecule has 1 saturated heterocycles. The van der Waals surface area contributed by atoms with E-state index in [2.05, 4.69) is 9.82 Å². The average Bonchev–Trinajstić information content (AvgIpc) is 2.39. The molecule has 7 heteroatoms. The minimum absolute atomic E-state index is 0.172. The zero-order valence-electron chi connectivity index (χ0n) is 10.2. The van der Waals surface area contributed by atoms with Gasteiger partial charge in [-0.15, -0.1) is 4.83 Å². The molecule has 0 unspecified atom stereocenters. The molecular formula is C11H18N4O2S. The van der Waals surface area contributed by atoms with Crippen LogP contribution in [0, 0.1) is 0 Å². The zero-order valence-corrected chi connectivity index (χ0v) is 11.0. The fraction of sp³-hybridized carbons (Fsp3) is 0.545. The van der Waals surface area contributed by atoms with Gasteiger partial charge in [0.1, 0.15) is 4.90 Å². The van der Waals surface area contributed by atoms with Gasteiger partial charge in [-0.25, -0.2) is 13.4 Å². The fourth-order valence-electron chi connectivity index (χ4n) is 1.90. The predicted molar refractivity (Wildman–Crippen MR) is 67.9 cm³/mol. The Hall–Kier alpha value is -1.02. The van der Waals surface area contributed by atoms with Gasteiger partial charge in [0.15, 0.2) is 0 Å². The fourth-order valence-corrected chi connectivity index (χ4v) is 2.97. The summed E-state index contributed by atoms with van der Waals surface area (Å²) in [4.78, 5) is 6.75. The predicted octanol–water partition coefficient (Wildman–Crippen LogP) is 0.219. The van der Waals surface area contributed by atoms with E-state index in [0.29, 0.717) is 12.2 Å². The second-order valence-corrected chi connectivity index (χ2v) is 5.99. The first-order valence-electron chi connectivity index (χ1n) is 6.04. The SMILES string of the molecule is NCc1ccc(S(=O)(=O)NN2CCCCC2)cn1. The maximum absolute atomic E-state index is 12.1. The summed E-state index contributed by atoms with van der Waals surface area (Å²) in [5.74, 6) is 0. The maximum atomic E-state index is 12.1. The molecule has 0 aliphatic carbocycles. The highest BCUT2D eigenvalue weighted by Crippen LogP contribution is 2.11. The van der Waals surface area contributed by atoms with Crippen molar-refractivity contribution in [2.24, 2.45) is 5.73 Å². The standard InChI is InChI=1S/C11H18N4O2S/c12-8-10-4-5-11(9-13-10)18(16,17)14-15-6-2-1-3-7-15/h4-5,9,14H,1-3,6-8,12H2. The lowest BCUT2D eigenvalue weighted by molar-refractivity contribution is 0.200. The number of nitrogens with zero attached hydrogens (tertiary/aromatic N) is 2. The van der Waals surface area contributed by atoms with E-state index in [9.17, 15) is 8.42 Å². The number of hydrogen-bond acceptors (Lipinski definition) is 5. The Morgan fingerprint density at radius 1 is 1.28 bits per heavy atom. The average molecular weight is 270 g/mol. The number of nitrogens with two attached hydrogens (primary N) is 1. The molecule has 0 bridgehead atoms. The molecule has 0 saturated carbocycles. The van der Waals surface area contributed by atoms with Crippen molar-refractivity contribution < 1.29 is 8.42 Å². The maximum Gasteiger partial charge on any atom is 0.254 e. The molecule has 2 rings (SSSR count). The minimum Gasteiger partial charge on any atom is -0.325 e. The number of nitrogens with one attached hydrogen (secondary N) is 1. The molecule has 0 atom stereocenters. The third-order valence-electron chi connectivity index (χ3n) is 2.92. The number of piperidine rings is 1. The number of rotatable bonds is 4. The Morgan fingerprint density at radius 2 is 2.00 bits per heavy atom. The van der Waals surface area contributed by atoms with E-state index >= 15 is 0 Å². The Labute approximate surface area is 107 Å². The van der Waals surface area contributed by atoms with Crippen LogP contribution in [0.5, 0.6) is 0 Å². The van der Waals surface area contributed by atoms with E-state index in [1.807, 2.05) is 0 Å². The van der Waals surface area contributed by atoms with Crippen LogP contribution in [-0.4, -0.2) is 31.5 Å². The molecule has 0 aromatic carbocycles.